The minimum Gasteiger partial charge on any atom is -0.508 e. The van der Waals surface area contributed by atoms with Crippen molar-refractivity contribution in [3.63, 3.8) is 0 Å². The van der Waals surface area contributed by atoms with Crippen LogP contribution < -0.4 is 14.9 Å². The number of carbonyl (C=O) groups excluding carboxylic acids is 6. The van der Waals surface area contributed by atoms with Crippen molar-refractivity contribution < 1.29 is 62.9 Å². The predicted octanol–water partition coefficient (Wildman–Crippen LogP) is 14.1. The quantitative estimate of drug-likeness (QED) is 0.0406. The lowest BCUT2D eigenvalue weighted by Crippen LogP contribution is -2.43. The van der Waals surface area contributed by atoms with E-state index in [1.54, 1.807) is 30.3 Å². The fourth-order valence-electron chi connectivity index (χ4n) is 10.7. The third kappa shape index (κ3) is 27.3. The van der Waals surface area contributed by atoms with E-state index in [1.165, 1.54) is 27.8 Å². The maximum absolute atomic E-state index is 11.5. The van der Waals surface area contributed by atoms with Crippen molar-refractivity contribution in [3.05, 3.63) is 201 Å². The first-order chi connectivity index (χ1) is 44.2. The van der Waals surface area contributed by atoms with Gasteiger partial charge in [0.15, 0.2) is 5.78 Å². The van der Waals surface area contributed by atoms with Gasteiger partial charge in [-0.2, -0.15) is 0 Å². The Morgan fingerprint density at radius 2 is 0.913 bits per heavy atom. The second kappa shape index (κ2) is 39.9. The average molecular weight is 1370 g/mol. The summed E-state index contributed by atoms with van der Waals surface area (Å²) in [6, 6.07) is 46.5. The zero-order chi connectivity index (χ0) is 66.8. The summed E-state index contributed by atoms with van der Waals surface area (Å²) in [5.74, 6) is 9.77. The predicted molar refractivity (Wildman–Crippen MR) is 368 cm³/mol. The molecule has 6 aromatic rings. The number of Topliss-reactive ketones (excluding diaryl/α,β-unsaturated/α-hetero) is 3. The van der Waals surface area contributed by atoms with Crippen LogP contribution >= 0.6 is 31.9 Å². The van der Waals surface area contributed by atoms with Crippen LogP contribution in [-0.2, 0) is 38.2 Å². The Balaban J connectivity index is 0.000000199. The molecule has 6 aliphatic rings. The number of aromatic hydroxyl groups is 1. The van der Waals surface area contributed by atoms with E-state index in [4.69, 9.17) is 53.4 Å². The minimum absolute atomic E-state index is 0.181. The average Bonchev–Trinajstić information content (AvgIpc) is 1.74. The van der Waals surface area contributed by atoms with Crippen molar-refractivity contribution in [2.24, 2.45) is 0 Å². The van der Waals surface area contributed by atoms with E-state index >= 15 is 0 Å². The number of benzene rings is 6. The van der Waals surface area contributed by atoms with Crippen molar-refractivity contribution >= 4 is 79.5 Å². The Labute approximate surface area is 559 Å². The van der Waals surface area contributed by atoms with Gasteiger partial charge in [-0.25, -0.2) is 0 Å². The van der Waals surface area contributed by atoms with Crippen LogP contribution in [0.25, 0.3) is 0 Å². The molecule has 1 spiro atoms. The molecule has 0 aromatic heterocycles. The van der Waals surface area contributed by atoms with Gasteiger partial charge in [-0.15, -0.1) is 19.3 Å². The van der Waals surface area contributed by atoms with Gasteiger partial charge in [-0.3, -0.25) is 28.8 Å². The first kappa shape index (κ1) is 74.4. The molecule has 0 radical (unpaired) electrons. The van der Waals surface area contributed by atoms with E-state index in [0.29, 0.717) is 90.4 Å². The second-order valence-corrected chi connectivity index (χ2v) is 24.3. The minimum atomic E-state index is -1.35. The highest BCUT2D eigenvalue weighted by Crippen LogP contribution is 2.46. The topological polar surface area (TPSA) is 200 Å². The number of phenolic OH excluding ortho intramolecular Hbond substituents is 1. The first-order valence-electron chi connectivity index (χ1n) is 30.7. The fraction of sp³-hybridized carbons (Fsp3) is 0.342. The summed E-state index contributed by atoms with van der Waals surface area (Å²) >= 11 is 6.36. The van der Waals surface area contributed by atoms with Crippen LogP contribution in [0.5, 0.6) is 17.2 Å². The number of allylic oxidation sites excluding steroid dienone is 2. The fourth-order valence-corrected chi connectivity index (χ4v) is 10.9. The van der Waals surface area contributed by atoms with Crippen molar-refractivity contribution in [1.82, 2.24) is 0 Å². The molecule has 0 bridgehead atoms. The van der Waals surface area contributed by atoms with Crippen molar-refractivity contribution in [2.75, 3.05) is 18.5 Å². The van der Waals surface area contributed by atoms with E-state index in [-0.39, 0.29) is 30.5 Å². The Morgan fingerprint density at radius 3 is 1.24 bits per heavy atom. The lowest BCUT2D eigenvalue weighted by molar-refractivity contribution is -0.241. The molecular weight excluding hydrogens is 1290 g/mol. The molecule has 4 atom stereocenters. The van der Waals surface area contributed by atoms with Gasteiger partial charge >= 0.3 is 19.1 Å². The van der Waals surface area contributed by atoms with Crippen LogP contribution in [-0.4, -0.2) is 81.7 Å². The molecular formula is C76H81BBr2O13. The molecule has 6 aromatic carbocycles. The second-order valence-electron chi connectivity index (χ2n) is 22.9. The van der Waals surface area contributed by atoms with Crippen molar-refractivity contribution in [2.45, 2.75) is 147 Å². The summed E-state index contributed by atoms with van der Waals surface area (Å²) in [5.41, 5.74) is 9.05. The van der Waals surface area contributed by atoms with E-state index in [9.17, 15) is 28.8 Å². The van der Waals surface area contributed by atoms with Crippen LogP contribution in [0, 0.1) is 57.8 Å². The van der Waals surface area contributed by atoms with Gasteiger partial charge in [-0.1, -0.05) is 169 Å². The molecule has 4 saturated carbocycles. The number of halogens is 2. The maximum atomic E-state index is 11.5. The molecule has 5 fully saturated rings. The molecule has 16 heteroatoms. The Kier molecular flexibility index (Phi) is 32.2. The van der Waals surface area contributed by atoms with E-state index in [2.05, 4.69) is 99.9 Å². The largest absolute Gasteiger partial charge is 0.508 e. The molecule has 1 saturated heterocycles. The number of alkyl halides is 1. The molecule has 4 unspecified atom stereocenters. The smallest absolute Gasteiger partial charge is 0.488 e. The number of ether oxygens (including phenoxy) is 4. The number of hydrogen-bond acceptors (Lipinski definition) is 13. The SMILES string of the molecule is C#CCBr.C#CCOc1ccc(C2CCC(=O)C2)cc1.C#CCOc1ccc(C2CCC3(C2)OC(=O)CC(=O)O3)cc1.Cc1ccc(B(O)O)cc1.Cc1ccc(Br)cc1.Cc1ccc(C2CCC(=O)C2)cc1.O=C1C=CCC1.O=C1CCC(c2ccc(O)cc2)C1. The van der Waals surface area contributed by atoms with Gasteiger partial charge in [-0.05, 0) is 159 Å². The van der Waals surface area contributed by atoms with Crippen LogP contribution in [0.2, 0.25) is 0 Å². The third-order valence-corrected chi connectivity index (χ3v) is 16.5. The van der Waals surface area contributed by atoms with Gasteiger partial charge in [0.1, 0.15) is 54.2 Å². The zero-order valence-corrected chi connectivity index (χ0v) is 55.7. The van der Waals surface area contributed by atoms with Crippen molar-refractivity contribution in [1.29, 1.82) is 0 Å². The maximum Gasteiger partial charge on any atom is 0.488 e. The van der Waals surface area contributed by atoms with Gasteiger partial charge in [0.25, 0.3) is 5.79 Å². The number of esters is 2. The number of ketones is 4. The Hall–Kier alpha value is -8.30. The van der Waals surface area contributed by atoms with Crippen molar-refractivity contribution in [3.8, 4) is 54.3 Å². The van der Waals surface area contributed by atoms with Crippen LogP contribution in [0.15, 0.2) is 162 Å². The van der Waals surface area contributed by atoms with E-state index in [0.717, 1.165) is 79.1 Å². The molecule has 1 heterocycles. The summed E-state index contributed by atoms with van der Waals surface area (Å²) < 4.78 is 22.4. The molecule has 92 heavy (non-hydrogen) atoms. The summed E-state index contributed by atoms with van der Waals surface area (Å²) in [5, 5.41) is 27.1. The Morgan fingerprint density at radius 1 is 0.533 bits per heavy atom. The summed E-state index contributed by atoms with van der Waals surface area (Å²) in [6.07, 6.45) is 29.1. The molecule has 3 N–H and O–H groups in total. The lowest BCUT2D eigenvalue weighted by Gasteiger charge is -2.32. The molecule has 12 rings (SSSR count). The monoisotopic (exact) mass is 1370 g/mol. The number of hydrogen-bond donors (Lipinski definition) is 3. The lowest BCUT2D eigenvalue weighted by atomic mass is 9.80. The van der Waals surface area contributed by atoms with Gasteiger partial charge < -0.3 is 34.1 Å². The highest BCUT2D eigenvalue weighted by atomic mass is 79.9. The molecule has 5 aliphatic carbocycles. The van der Waals surface area contributed by atoms with Gasteiger partial charge in [0, 0.05) is 62.3 Å². The summed E-state index contributed by atoms with van der Waals surface area (Å²) in [6.45, 7) is 6.64. The summed E-state index contributed by atoms with van der Waals surface area (Å²) in [4.78, 5) is 66.4. The normalized spacial score (nSPS) is 18.4. The standard InChI is InChI=1S/C17H16O5.C14H14O2.C12H14O.C11H12O2.C7H9BO2.C7H7Br.C5H6O.C3H3Br/c1-2-9-20-14-5-3-12(4-6-14)13-7-8-17(11-13)21-15(18)10-16(19)22-17;1-2-9-16-14-7-4-11(5-8-14)12-3-6-13(15)10-12;1-9-2-4-10(5-3-9)11-6-7-12(13)8-11;12-10-4-1-8(2-5-10)9-3-6-11(13)7-9;1-6-2-4-7(5-3-6)8(9)10;1-6-2-4-7(8)5-3-6;6-5-3-1-2-4-5;1-2-3-4/h1,3-6,13H,7-11H2;1,4-5,7-8,12H,3,6,9-10H2;2-5,11H,6-8H2,1H3;1-2,4-5,9,12H,3,6-7H2;2-5,9-10H,1H3;2-5H,1H3;1,3H,2,4H2;1H,3H2. The van der Waals surface area contributed by atoms with Gasteiger partial charge in [0.05, 0.1) is 5.33 Å². The number of rotatable bonds is 9. The van der Waals surface area contributed by atoms with Crippen LogP contribution in [0.1, 0.15) is 159 Å². The highest BCUT2D eigenvalue weighted by molar-refractivity contribution is 9.10. The molecule has 13 nitrogen and oxygen atoms in total. The molecule has 1 aliphatic heterocycles. The van der Waals surface area contributed by atoms with Crippen LogP contribution in [0.3, 0.4) is 0 Å². The summed E-state index contributed by atoms with van der Waals surface area (Å²) in [7, 11) is -1.35. The van der Waals surface area contributed by atoms with Gasteiger partial charge in [0.2, 0.25) is 0 Å². The Bertz CT molecular complexity index is 3370. The van der Waals surface area contributed by atoms with E-state index in [1.807, 2.05) is 97.9 Å². The highest BCUT2D eigenvalue weighted by Gasteiger charge is 2.49. The number of terminal acetylenes is 3. The molecule has 480 valence electrons. The number of carbonyl (C=O) groups is 6. The molecule has 0 amide bonds. The number of phenols is 1. The third-order valence-electron chi connectivity index (χ3n) is 15.6. The first-order valence-corrected chi connectivity index (χ1v) is 32.6. The van der Waals surface area contributed by atoms with Crippen LogP contribution in [0.4, 0.5) is 0 Å². The van der Waals surface area contributed by atoms with E-state index < -0.39 is 24.8 Å². The number of aryl methyl sites for hydroxylation is 3. The zero-order valence-electron chi connectivity index (χ0n) is 52.5.